The van der Waals surface area contributed by atoms with Gasteiger partial charge in [0.1, 0.15) is 0 Å². The molecule has 0 atom stereocenters. The third-order valence-corrected chi connectivity index (χ3v) is 5.11. The SMILES string of the molecule is CCNC(=NCCCOCC1CC1)N1CCc2cc(OC)c(OC)cc2C1. The average molecular weight is 376 g/mol. The molecule has 150 valence electrons. The lowest BCUT2D eigenvalue weighted by molar-refractivity contribution is 0.123. The number of hydrogen-bond donors (Lipinski definition) is 1. The van der Waals surface area contributed by atoms with Crippen LogP contribution in [0.2, 0.25) is 0 Å². The van der Waals surface area contributed by atoms with Gasteiger partial charge in [0.2, 0.25) is 0 Å². The number of methoxy groups -OCH3 is 2. The molecular formula is C21H33N3O3. The van der Waals surface area contributed by atoms with E-state index in [0.717, 1.165) is 75.6 Å². The summed E-state index contributed by atoms with van der Waals surface area (Å²) >= 11 is 0. The number of ether oxygens (including phenoxy) is 3. The Balaban J connectivity index is 1.58. The molecule has 0 unspecified atom stereocenters. The Hall–Kier alpha value is -1.95. The Morgan fingerprint density at radius 2 is 1.93 bits per heavy atom. The second-order valence-corrected chi connectivity index (χ2v) is 7.25. The Labute approximate surface area is 162 Å². The van der Waals surface area contributed by atoms with Crippen molar-refractivity contribution >= 4 is 5.96 Å². The van der Waals surface area contributed by atoms with Crippen LogP contribution in [0, 0.1) is 5.92 Å². The van der Waals surface area contributed by atoms with Gasteiger partial charge in [0.05, 0.1) is 14.2 Å². The number of nitrogens with one attached hydrogen (secondary N) is 1. The van der Waals surface area contributed by atoms with Gasteiger partial charge in [-0.3, -0.25) is 4.99 Å². The summed E-state index contributed by atoms with van der Waals surface area (Å²) < 4.78 is 16.6. The maximum Gasteiger partial charge on any atom is 0.194 e. The maximum atomic E-state index is 5.71. The predicted molar refractivity (Wildman–Crippen MR) is 108 cm³/mol. The highest BCUT2D eigenvalue weighted by Gasteiger charge is 2.22. The van der Waals surface area contributed by atoms with Gasteiger partial charge in [0.25, 0.3) is 0 Å². The van der Waals surface area contributed by atoms with Crippen LogP contribution in [0.25, 0.3) is 0 Å². The molecule has 6 nitrogen and oxygen atoms in total. The van der Waals surface area contributed by atoms with Crippen LogP contribution >= 0.6 is 0 Å². The van der Waals surface area contributed by atoms with Crippen LogP contribution in [-0.4, -0.2) is 57.9 Å². The smallest absolute Gasteiger partial charge is 0.194 e. The Morgan fingerprint density at radius 3 is 2.59 bits per heavy atom. The second-order valence-electron chi connectivity index (χ2n) is 7.25. The quantitative estimate of drug-likeness (QED) is 0.409. The summed E-state index contributed by atoms with van der Waals surface area (Å²) in [5.74, 6) is 3.40. The first-order valence-corrected chi connectivity index (χ1v) is 10.1. The molecule has 0 aromatic heterocycles. The van der Waals surface area contributed by atoms with Gasteiger partial charge in [-0.1, -0.05) is 0 Å². The van der Waals surface area contributed by atoms with E-state index in [1.807, 2.05) is 0 Å². The lowest BCUT2D eigenvalue weighted by atomic mass is 9.99. The molecule has 0 amide bonds. The molecule has 0 bridgehead atoms. The molecule has 1 heterocycles. The van der Waals surface area contributed by atoms with Crippen molar-refractivity contribution in [1.82, 2.24) is 10.2 Å². The molecular weight excluding hydrogens is 342 g/mol. The van der Waals surface area contributed by atoms with Crippen molar-refractivity contribution in [1.29, 1.82) is 0 Å². The zero-order valence-corrected chi connectivity index (χ0v) is 16.9. The maximum absolute atomic E-state index is 5.71. The largest absolute Gasteiger partial charge is 0.493 e. The van der Waals surface area contributed by atoms with E-state index >= 15 is 0 Å². The van der Waals surface area contributed by atoms with Crippen molar-refractivity contribution < 1.29 is 14.2 Å². The number of rotatable bonds is 9. The fraction of sp³-hybridized carbons (Fsp3) is 0.667. The van der Waals surface area contributed by atoms with Crippen LogP contribution in [0.5, 0.6) is 11.5 Å². The van der Waals surface area contributed by atoms with Crippen molar-refractivity contribution in [2.75, 3.05) is 47.1 Å². The molecule has 1 fully saturated rings. The van der Waals surface area contributed by atoms with E-state index in [0.29, 0.717) is 0 Å². The van der Waals surface area contributed by atoms with E-state index in [1.54, 1.807) is 14.2 Å². The Morgan fingerprint density at radius 1 is 1.19 bits per heavy atom. The van der Waals surface area contributed by atoms with Gasteiger partial charge in [0, 0.05) is 39.4 Å². The molecule has 6 heteroatoms. The molecule has 0 saturated heterocycles. The van der Waals surface area contributed by atoms with E-state index in [2.05, 4.69) is 29.3 Å². The number of aliphatic imine (C=N–C) groups is 1. The fourth-order valence-electron chi connectivity index (χ4n) is 3.38. The molecule has 1 aromatic rings. The van der Waals surface area contributed by atoms with Crippen LogP contribution in [-0.2, 0) is 17.7 Å². The fourth-order valence-corrected chi connectivity index (χ4v) is 3.38. The minimum absolute atomic E-state index is 0.785. The predicted octanol–water partition coefficient (Wildman–Crippen LogP) is 2.84. The van der Waals surface area contributed by atoms with Gasteiger partial charge >= 0.3 is 0 Å². The van der Waals surface area contributed by atoms with E-state index in [1.165, 1.54) is 24.0 Å². The van der Waals surface area contributed by atoms with Crippen molar-refractivity contribution in [2.24, 2.45) is 10.9 Å². The molecule has 1 aromatic carbocycles. The number of guanidine groups is 1. The lowest BCUT2D eigenvalue weighted by Gasteiger charge is -2.32. The summed E-state index contributed by atoms with van der Waals surface area (Å²) in [6, 6.07) is 4.20. The third-order valence-electron chi connectivity index (χ3n) is 5.11. The standard InChI is InChI=1S/C21H33N3O3/c1-4-22-21(23-9-5-11-27-15-16-6-7-16)24-10-8-17-12-19(25-2)20(26-3)13-18(17)14-24/h12-13,16H,4-11,14-15H2,1-3H3,(H,22,23). The Bertz CT molecular complexity index is 644. The van der Waals surface area contributed by atoms with Crippen LogP contribution in [0.1, 0.15) is 37.3 Å². The highest BCUT2D eigenvalue weighted by atomic mass is 16.5. The minimum Gasteiger partial charge on any atom is -0.493 e. The zero-order chi connectivity index (χ0) is 19.1. The van der Waals surface area contributed by atoms with E-state index in [-0.39, 0.29) is 0 Å². The molecule has 1 saturated carbocycles. The zero-order valence-electron chi connectivity index (χ0n) is 16.9. The van der Waals surface area contributed by atoms with Gasteiger partial charge in [-0.05, 0) is 61.8 Å². The van der Waals surface area contributed by atoms with Gasteiger partial charge in [-0.25, -0.2) is 0 Å². The molecule has 27 heavy (non-hydrogen) atoms. The summed E-state index contributed by atoms with van der Waals surface area (Å²) in [4.78, 5) is 7.14. The molecule has 1 aliphatic carbocycles. The summed E-state index contributed by atoms with van der Waals surface area (Å²) in [6.07, 6.45) is 4.63. The number of fused-ring (bicyclic) bond motifs is 1. The third kappa shape index (κ3) is 5.51. The van der Waals surface area contributed by atoms with Gasteiger partial charge in [-0.15, -0.1) is 0 Å². The van der Waals surface area contributed by atoms with Crippen molar-refractivity contribution in [2.45, 2.75) is 39.2 Å². The average Bonchev–Trinajstić information content (AvgIpc) is 3.52. The van der Waals surface area contributed by atoms with E-state index in [4.69, 9.17) is 19.2 Å². The van der Waals surface area contributed by atoms with Crippen LogP contribution in [0.3, 0.4) is 0 Å². The molecule has 0 spiro atoms. The monoisotopic (exact) mass is 375 g/mol. The van der Waals surface area contributed by atoms with Crippen molar-refractivity contribution in [3.05, 3.63) is 23.3 Å². The van der Waals surface area contributed by atoms with Crippen LogP contribution in [0.15, 0.2) is 17.1 Å². The normalized spacial score (nSPS) is 16.9. The summed E-state index contributed by atoms with van der Waals surface area (Å²) in [5.41, 5.74) is 2.60. The molecule has 0 radical (unpaired) electrons. The van der Waals surface area contributed by atoms with E-state index < -0.39 is 0 Å². The first-order valence-electron chi connectivity index (χ1n) is 10.1. The number of hydrogen-bond acceptors (Lipinski definition) is 4. The number of benzene rings is 1. The highest BCUT2D eigenvalue weighted by Crippen LogP contribution is 2.33. The van der Waals surface area contributed by atoms with Crippen LogP contribution < -0.4 is 14.8 Å². The minimum atomic E-state index is 0.785. The van der Waals surface area contributed by atoms with Crippen molar-refractivity contribution in [3.63, 3.8) is 0 Å². The van der Waals surface area contributed by atoms with Gasteiger partial charge < -0.3 is 24.4 Å². The van der Waals surface area contributed by atoms with Gasteiger partial charge in [0.15, 0.2) is 17.5 Å². The molecule has 1 N–H and O–H groups in total. The first kappa shape index (κ1) is 19.8. The van der Waals surface area contributed by atoms with Crippen molar-refractivity contribution in [3.8, 4) is 11.5 Å². The first-order chi connectivity index (χ1) is 13.2. The second kappa shape index (κ2) is 9.83. The van der Waals surface area contributed by atoms with E-state index in [9.17, 15) is 0 Å². The molecule has 2 aliphatic rings. The van der Waals surface area contributed by atoms with Gasteiger partial charge in [-0.2, -0.15) is 0 Å². The summed E-state index contributed by atoms with van der Waals surface area (Å²) in [6.45, 7) is 7.29. The highest BCUT2D eigenvalue weighted by molar-refractivity contribution is 5.80. The van der Waals surface area contributed by atoms with Crippen LogP contribution in [0.4, 0.5) is 0 Å². The molecule has 1 aliphatic heterocycles. The summed E-state index contributed by atoms with van der Waals surface area (Å²) in [7, 11) is 3.37. The topological polar surface area (TPSA) is 55.3 Å². The Kier molecular flexibility index (Phi) is 7.21. The number of nitrogens with zero attached hydrogens (tertiary/aromatic N) is 2. The lowest BCUT2D eigenvalue weighted by Crippen LogP contribution is -2.44. The summed E-state index contributed by atoms with van der Waals surface area (Å²) in [5, 5.41) is 3.43. The molecule has 3 rings (SSSR count).